The first-order chi connectivity index (χ1) is 5.25. The van der Waals surface area contributed by atoms with Crippen LogP contribution in [0.3, 0.4) is 0 Å². The standard InChI is InChI=1S/C5H2BrN3OS/c6-2-1-7-3-4(8-2)11-5(10)9-3/h1H,(H,7,9,10). The highest BCUT2D eigenvalue weighted by molar-refractivity contribution is 9.10. The molecule has 4 nitrogen and oxygen atoms in total. The third kappa shape index (κ3) is 1.19. The lowest BCUT2D eigenvalue weighted by atomic mass is 10.7. The number of thiazole rings is 1. The normalized spacial score (nSPS) is 10.6. The van der Waals surface area contributed by atoms with E-state index in [-0.39, 0.29) is 4.87 Å². The van der Waals surface area contributed by atoms with Crippen molar-refractivity contribution in [3.63, 3.8) is 0 Å². The molecule has 0 aliphatic heterocycles. The van der Waals surface area contributed by atoms with Crippen LogP contribution in [-0.4, -0.2) is 15.0 Å². The highest BCUT2D eigenvalue weighted by atomic mass is 79.9. The molecular weight excluding hydrogens is 230 g/mol. The predicted octanol–water partition coefficient (Wildman–Crippen LogP) is 1.14. The maximum absolute atomic E-state index is 10.8. The van der Waals surface area contributed by atoms with E-state index in [1.165, 1.54) is 0 Å². The zero-order valence-electron chi connectivity index (χ0n) is 5.17. The molecule has 1 N–H and O–H groups in total. The molecule has 0 aromatic carbocycles. The first kappa shape index (κ1) is 6.93. The number of hydrogen-bond donors (Lipinski definition) is 1. The lowest BCUT2D eigenvalue weighted by Crippen LogP contribution is -1.90. The van der Waals surface area contributed by atoms with Crippen LogP contribution >= 0.6 is 27.3 Å². The van der Waals surface area contributed by atoms with Crippen LogP contribution in [0.2, 0.25) is 0 Å². The molecule has 0 aliphatic carbocycles. The molecule has 2 aromatic heterocycles. The highest BCUT2D eigenvalue weighted by Crippen LogP contribution is 2.11. The second-order valence-electron chi connectivity index (χ2n) is 1.86. The summed E-state index contributed by atoms with van der Waals surface area (Å²) < 4.78 is 0.639. The summed E-state index contributed by atoms with van der Waals surface area (Å²) in [7, 11) is 0. The monoisotopic (exact) mass is 231 g/mol. The minimum absolute atomic E-state index is 0.127. The van der Waals surface area contributed by atoms with Crippen molar-refractivity contribution in [2.24, 2.45) is 0 Å². The Kier molecular flexibility index (Phi) is 1.50. The molecule has 6 heteroatoms. The van der Waals surface area contributed by atoms with Gasteiger partial charge in [0, 0.05) is 0 Å². The smallest absolute Gasteiger partial charge is 0.296 e. The lowest BCUT2D eigenvalue weighted by molar-refractivity contribution is 1.22. The van der Waals surface area contributed by atoms with Crippen molar-refractivity contribution in [3.05, 3.63) is 20.5 Å². The van der Waals surface area contributed by atoms with Gasteiger partial charge in [-0.1, -0.05) is 11.3 Å². The van der Waals surface area contributed by atoms with Crippen molar-refractivity contribution in [2.45, 2.75) is 0 Å². The van der Waals surface area contributed by atoms with Gasteiger partial charge >= 0.3 is 4.87 Å². The molecule has 0 aliphatic rings. The van der Waals surface area contributed by atoms with Gasteiger partial charge in [0.1, 0.15) is 4.60 Å². The minimum Gasteiger partial charge on any atom is -0.296 e. The van der Waals surface area contributed by atoms with E-state index in [9.17, 15) is 4.79 Å². The molecule has 0 fully saturated rings. The Morgan fingerprint density at radius 2 is 2.45 bits per heavy atom. The summed E-state index contributed by atoms with van der Waals surface area (Å²) in [5.41, 5.74) is 0.545. The molecule has 0 saturated heterocycles. The van der Waals surface area contributed by atoms with Gasteiger partial charge in [-0.2, -0.15) is 0 Å². The van der Waals surface area contributed by atoms with Gasteiger partial charge in [-0.05, 0) is 15.9 Å². The molecule has 11 heavy (non-hydrogen) atoms. The minimum atomic E-state index is -0.127. The Morgan fingerprint density at radius 3 is 3.27 bits per heavy atom. The molecule has 0 saturated carbocycles. The van der Waals surface area contributed by atoms with Crippen molar-refractivity contribution in [1.82, 2.24) is 15.0 Å². The first-order valence-corrected chi connectivity index (χ1v) is 4.38. The summed E-state index contributed by atoms with van der Waals surface area (Å²) in [6.45, 7) is 0. The van der Waals surface area contributed by atoms with Crippen molar-refractivity contribution >= 4 is 37.7 Å². The fourth-order valence-corrected chi connectivity index (χ4v) is 1.78. The van der Waals surface area contributed by atoms with E-state index in [0.717, 1.165) is 11.3 Å². The summed E-state index contributed by atoms with van der Waals surface area (Å²) in [5.74, 6) is 0. The molecule has 0 unspecified atom stereocenters. The molecule has 2 rings (SSSR count). The Bertz CT molecular complexity index is 448. The molecule has 0 spiro atoms. The van der Waals surface area contributed by atoms with Gasteiger partial charge < -0.3 is 0 Å². The Morgan fingerprint density at radius 1 is 1.64 bits per heavy atom. The van der Waals surface area contributed by atoms with Gasteiger partial charge in [-0.3, -0.25) is 9.78 Å². The van der Waals surface area contributed by atoms with Crippen LogP contribution in [0.5, 0.6) is 0 Å². The van der Waals surface area contributed by atoms with E-state index in [1.807, 2.05) is 0 Å². The average molecular weight is 232 g/mol. The molecule has 2 heterocycles. The molecule has 56 valence electrons. The number of halogens is 1. The lowest BCUT2D eigenvalue weighted by Gasteiger charge is -1.85. The van der Waals surface area contributed by atoms with Crippen molar-refractivity contribution in [3.8, 4) is 0 Å². The van der Waals surface area contributed by atoms with Gasteiger partial charge in [0.15, 0.2) is 10.5 Å². The SMILES string of the molecule is O=c1[nH]c2ncc(Br)nc2s1. The summed E-state index contributed by atoms with van der Waals surface area (Å²) in [5, 5.41) is 0. The van der Waals surface area contributed by atoms with Crippen LogP contribution in [0.4, 0.5) is 0 Å². The molecule has 0 amide bonds. The Balaban J connectivity index is 2.92. The maximum atomic E-state index is 10.8. The van der Waals surface area contributed by atoms with E-state index in [4.69, 9.17) is 0 Å². The Hall–Kier alpha value is -0.750. The zero-order valence-corrected chi connectivity index (χ0v) is 7.57. The van der Waals surface area contributed by atoms with Crippen LogP contribution in [0.15, 0.2) is 15.6 Å². The second-order valence-corrected chi connectivity index (χ2v) is 3.64. The number of H-pyrrole nitrogens is 1. The van der Waals surface area contributed by atoms with Gasteiger partial charge in [0.2, 0.25) is 0 Å². The quantitative estimate of drug-likeness (QED) is 0.740. The summed E-state index contributed by atoms with van der Waals surface area (Å²) in [6, 6.07) is 0. The Labute approximate surface area is 73.4 Å². The number of aromatic nitrogens is 3. The average Bonchev–Trinajstić information content (AvgIpc) is 2.27. The number of fused-ring (bicyclic) bond motifs is 1. The predicted molar refractivity (Wildman–Crippen MR) is 45.7 cm³/mol. The number of nitrogens with zero attached hydrogens (tertiary/aromatic N) is 2. The van der Waals surface area contributed by atoms with E-state index in [1.54, 1.807) is 6.20 Å². The van der Waals surface area contributed by atoms with Crippen LogP contribution in [-0.2, 0) is 0 Å². The van der Waals surface area contributed by atoms with E-state index < -0.39 is 0 Å². The van der Waals surface area contributed by atoms with Crippen LogP contribution in [0.25, 0.3) is 10.5 Å². The summed E-state index contributed by atoms with van der Waals surface area (Å²) >= 11 is 4.21. The van der Waals surface area contributed by atoms with Crippen LogP contribution < -0.4 is 4.87 Å². The van der Waals surface area contributed by atoms with E-state index in [2.05, 4.69) is 30.9 Å². The third-order valence-corrected chi connectivity index (χ3v) is 2.27. The van der Waals surface area contributed by atoms with Crippen LogP contribution in [0, 0.1) is 0 Å². The van der Waals surface area contributed by atoms with Crippen LogP contribution in [0.1, 0.15) is 0 Å². The number of rotatable bonds is 0. The third-order valence-electron chi connectivity index (χ3n) is 1.12. The maximum Gasteiger partial charge on any atom is 0.308 e. The highest BCUT2D eigenvalue weighted by Gasteiger charge is 2.00. The van der Waals surface area contributed by atoms with Gasteiger partial charge in [0.25, 0.3) is 0 Å². The topological polar surface area (TPSA) is 58.6 Å². The zero-order chi connectivity index (χ0) is 7.84. The number of hydrogen-bond acceptors (Lipinski definition) is 4. The molecule has 2 aromatic rings. The van der Waals surface area contributed by atoms with Gasteiger partial charge in [-0.15, -0.1) is 0 Å². The van der Waals surface area contributed by atoms with E-state index in [0.29, 0.717) is 15.1 Å². The fourth-order valence-electron chi connectivity index (χ4n) is 0.719. The largest absolute Gasteiger partial charge is 0.308 e. The van der Waals surface area contributed by atoms with Crippen molar-refractivity contribution in [2.75, 3.05) is 0 Å². The van der Waals surface area contributed by atoms with Crippen molar-refractivity contribution < 1.29 is 0 Å². The second kappa shape index (κ2) is 2.38. The summed E-state index contributed by atoms with van der Waals surface area (Å²) in [6.07, 6.45) is 1.55. The molecule has 0 radical (unpaired) electrons. The van der Waals surface area contributed by atoms with Gasteiger partial charge in [0.05, 0.1) is 6.20 Å². The molecule has 0 atom stereocenters. The molecule has 0 bridgehead atoms. The number of nitrogens with one attached hydrogen (secondary N) is 1. The summed E-state index contributed by atoms with van der Waals surface area (Å²) in [4.78, 5) is 21.8. The van der Waals surface area contributed by atoms with Crippen molar-refractivity contribution in [1.29, 1.82) is 0 Å². The van der Waals surface area contributed by atoms with Gasteiger partial charge in [-0.25, -0.2) is 9.97 Å². The molecular formula is C5H2BrN3OS. The fraction of sp³-hybridized carbons (Fsp3) is 0. The van der Waals surface area contributed by atoms with E-state index >= 15 is 0 Å². The number of aromatic amines is 1. The first-order valence-electron chi connectivity index (χ1n) is 2.77.